The molecule has 7 heteroatoms. The molecule has 0 atom stereocenters. The Morgan fingerprint density at radius 1 is 1.56 bits per heavy atom. The fraction of sp³-hybridized carbons (Fsp3) is 0.111. The largest absolute Gasteiger partial charge is 0.476 e. The number of hydrogen-bond donors (Lipinski definition) is 1. The second-order valence-corrected chi connectivity index (χ2v) is 3.21. The Morgan fingerprint density at radius 3 is 2.81 bits per heavy atom. The third-order valence-electron chi connectivity index (χ3n) is 2.24. The summed E-state index contributed by atoms with van der Waals surface area (Å²) in [6, 6.07) is 4.25. The van der Waals surface area contributed by atoms with Crippen molar-refractivity contribution in [3.05, 3.63) is 34.0 Å². The van der Waals surface area contributed by atoms with Crippen LogP contribution in [0.5, 0.6) is 0 Å². The lowest BCUT2D eigenvalue weighted by molar-refractivity contribution is -0.383. The summed E-state index contributed by atoms with van der Waals surface area (Å²) >= 11 is 0. The van der Waals surface area contributed by atoms with Crippen molar-refractivity contribution in [3.63, 3.8) is 0 Å². The molecule has 1 aromatic heterocycles. The Morgan fingerprint density at radius 2 is 2.25 bits per heavy atom. The van der Waals surface area contributed by atoms with Crippen LogP contribution in [0.1, 0.15) is 10.5 Å². The fourth-order valence-electron chi connectivity index (χ4n) is 1.62. The highest BCUT2D eigenvalue weighted by atomic mass is 16.6. The number of nitrogens with zero attached hydrogens (tertiary/aromatic N) is 3. The first kappa shape index (κ1) is 10.1. The van der Waals surface area contributed by atoms with Gasteiger partial charge in [0.05, 0.1) is 4.92 Å². The zero-order valence-electron chi connectivity index (χ0n) is 8.25. The average Bonchev–Trinajstić information content (AvgIpc) is 2.56. The minimum atomic E-state index is -1.20. The van der Waals surface area contributed by atoms with Gasteiger partial charge in [-0.05, 0) is 6.07 Å². The van der Waals surface area contributed by atoms with Gasteiger partial charge in [-0.15, -0.1) is 0 Å². The maximum atomic E-state index is 10.9. The average molecular weight is 221 g/mol. The number of para-hydroxylation sites is 1. The number of aromatic nitrogens is 2. The SMILES string of the molecule is Cn1nc(C(=O)O)c2cccc([N+](=O)[O-])c21. The zero-order valence-corrected chi connectivity index (χ0v) is 8.25. The highest BCUT2D eigenvalue weighted by Crippen LogP contribution is 2.27. The number of nitro groups is 1. The zero-order chi connectivity index (χ0) is 11.9. The van der Waals surface area contributed by atoms with Crippen LogP contribution < -0.4 is 0 Å². The second kappa shape index (κ2) is 3.30. The molecule has 16 heavy (non-hydrogen) atoms. The number of non-ortho nitro benzene ring substituents is 1. The quantitative estimate of drug-likeness (QED) is 0.606. The van der Waals surface area contributed by atoms with Crippen molar-refractivity contribution in [1.82, 2.24) is 9.78 Å². The van der Waals surface area contributed by atoms with Gasteiger partial charge in [-0.25, -0.2) is 4.79 Å². The van der Waals surface area contributed by atoms with Crippen molar-refractivity contribution in [2.24, 2.45) is 7.05 Å². The molecule has 0 amide bonds. The number of nitro benzene ring substituents is 1. The molecule has 1 aromatic carbocycles. The monoisotopic (exact) mass is 221 g/mol. The van der Waals surface area contributed by atoms with Gasteiger partial charge in [-0.2, -0.15) is 5.10 Å². The number of carbonyl (C=O) groups is 1. The summed E-state index contributed by atoms with van der Waals surface area (Å²) < 4.78 is 1.21. The Bertz CT molecular complexity index is 602. The molecule has 1 N–H and O–H groups in total. The van der Waals surface area contributed by atoms with E-state index < -0.39 is 10.9 Å². The van der Waals surface area contributed by atoms with Crippen LogP contribution in [0.25, 0.3) is 10.9 Å². The first-order valence-electron chi connectivity index (χ1n) is 4.35. The van der Waals surface area contributed by atoms with Gasteiger partial charge < -0.3 is 5.11 Å². The molecule has 0 saturated heterocycles. The summed E-state index contributed by atoms with van der Waals surface area (Å²) in [5.41, 5.74) is -0.119. The van der Waals surface area contributed by atoms with Gasteiger partial charge >= 0.3 is 5.97 Å². The minimum absolute atomic E-state index is 0.153. The van der Waals surface area contributed by atoms with Crippen LogP contribution in [0.15, 0.2) is 18.2 Å². The van der Waals surface area contributed by atoms with Crippen LogP contribution in [-0.4, -0.2) is 25.8 Å². The molecule has 82 valence electrons. The molecule has 0 aliphatic carbocycles. The smallest absolute Gasteiger partial charge is 0.357 e. The molecular weight excluding hydrogens is 214 g/mol. The van der Waals surface area contributed by atoms with Crippen molar-refractivity contribution in [2.75, 3.05) is 0 Å². The van der Waals surface area contributed by atoms with Gasteiger partial charge in [-0.1, -0.05) is 6.07 Å². The van der Waals surface area contributed by atoms with Crippen LogP contribution in [0.3, 0.4) is 0 Å². The maximum absolute atomic E-state index is 10.9. The van der Waals surface area contributed by atoms with Gasteiger partial charge in [0.25, 0.3) is 5.69 Å². The van der Waals surface area contributed by atoms with E-state index in [1.807, 2.05) is 0 Å². The lowest BCUT2D eigenvalue weighted by atomic mass is 10.2. The minimum Gasteiger partial charge on any atom is -0.476 e. The number of aromatic carboxylic acids is 1. The van der Waals surface area contributed by atoms with E-state index in [9.17, 15) is 14.9 Å². The number of carboxylic acids is 1. The molecule has 1 heterocycles. The lowest BCUT2D eigenvalue weighted by Gasteiger charge is -1.95. The van der Waals surface area contributed by atoms with E-state index in [1.165, 1.54) is 29.9 Å². The molecule has 0 aliphatic rings. The number of rotatable bonds is 2. The maximum Gasteiger partial charge on any atom is 0.357 e. The molecule has 0 aliphatic heterocycles. The third-order valence-corrected chi connectivity index (χ3v) is 2.24. The Hall–Kier alpha value is -2.44. The predicted octanol–water partition coefficient (Wildman–Crippen LogP) is 1.18. The first-order valence-corrected chi connectivity index (χ1v) is 4.35. The lowest BCUT2D eigenvalue weighted by Crippen LogP contribution is -1.99. The summed E-state index contributed by atoms with van der Waals surface area (Å²) in [6.07, 6.45) is 0. The van der Waals surface area contributed by atoms with Crippen molar-refractivity contribution in [1.29, 1.82) is 0 Å². The van der Waals surface area contributed by atoms with E-state index >= 15 is 0 Å². The molecule has 2 aromatic rings. The predicted molar refractivity (Wildman–Crippen MR) is 54.3 cm³/mol. The normalized spacial score (nSPS) is 10.6. The van der Waals surface area contributed by atoms with Crippen LogP contribution in [0.2, 0.25) is 0 Å². The summed E-state index contributed by atoms with van der Waals surface area (Å²) in [6.45, 7) is 0. The molecule has 7 nitrogen and oxygen atoms in total. The summed E-state index contributed by atoms with van der Waals surface area (Å²) in [4.78, 5) is 21.1. The number of benzene rings is 1. The topological polar surface area (TPSA) is 98.3 Å². The van der Waals surface area contributed by atoms with Crippen molar-refractivity contribution >= 4 is 22.6 Å². The van der Waals surface area contributed by atoms with E-state index in [4.69, 9.17) is 5.11 Å². The molecular formula is C9H7N3O4. The Kier molecular flexibility index (Phi) is 2.08. The van der Waals surface area contributed by atoms with Crippen LogP contribution in [-0.2, 0) is 7.05 Å². The van der Waals surface area contributed by atoms with Crippen LogP contribution >= 0.6 is 0 Å². The molecule has 0 saturated carbocycles. The summed E-state index contributed by atoms with van der Waals surface area (Å²) in [7, 11) is 1.47. The van der Waals surface area contributed by atoms with Gasteiger partial charge in [-0.3, -0.25) is 14.8 Å². The van der Waals surface area contributed by atoms with Gasteiger partial charge in [0.1, 0.15) is 5.52 Å². The van der Waals surface area contributed by atoms with Crippen molar-refractivity contribution in [2.45, 2.75) is 0 Å². The van der Waals surface area contributed by atoms with Gasteiger partial charge in [0.2, 0.25) is 0 Å². The Labute approximate surface area is 89.1 Å². The highest BCUT2D eigenvalue weighted by molar-refractivity contribution is 6.03. The van der Waals surface area contributed by atoms with Gasteiger partial charge in [0.15, 0.2) is 5.69 Å². The number of aryl methyl sites for hydroxylation is 1. The fourth-order valence-corrected chi connectivity index (χ4v) is 1.62. The van der Waals surface area contributed by atoms with E-state index in [1.54, 1.807) is 0 Å². The highest BCUT2D eigenvalue weighted by Gasteiger charge is 2.21. The number of hydrogen-bond acceptors (Lipinski definition) is 4. The standard InChI is InChI=1S/C9H7N3O4/c1-11-8-5(7(10-11)9(13)14)3-2-4-6(8)12(15)16/h2-4H,1H3,(H,13,14). The van der Waals surface area contributed by atoms with E-state index in [0.717, 1.165) is 0 Å². The number of carboxylic acid groups (broad SMARTS) is 1. The molecule has 0 spiro atoms. The first-order chi connectivity index (χ1) is 7.52. The second-order valence-electron chi connectivity index (χ2n) is 3.21. The third kappa shape index (κ3) is 1.29. The van der Waals surface area contributed by atoms with Crippen molar-refractivity contribution in [3.8, 4) is 0 Å². The van der Waals surface area contributed by atoms with Gasteiger partial charge in [0, 0.05) is 18.5 Å². The molecule has 2 rings (SSSR count). The molecule has 0 fully saturated rings. The summed E-state index contributed by atoms with van der Waals surface area (Å²) in [5.74, 6) is -1.20. The van der Waals surface area contributed by atoms with Crippen LogP contribution in [0.4, 0.5) is 5.69 Å². The Balaban J connectivity index is 2.90. The summed E-state index contributed by atoms with van der Waals surface area (Å²) in [5, 5.41) is 23.7. The van der Waals surface area contributed by atoms with Crippen molar-refractivity contribution < 1.29 is 14.8 Å². The molecule has 0 radical (unpaired) electrons. The van der Waals surface area contributed by atoms with Crippen LogP contribution in [0, 0.1) is 10.1 Å². The van der Waals surface area contributed by atoms with E-state index in [0.29, 0.717) is 0 Å². The van der Waals surface area contributed by atoms with E-state index in [2.05, 4.69) is 5.10 Å². The van der Waals surface area contributed by atoms with E-state index in [-0.39, 0.29) is 22.3 Å². The molecule has 0 bridgehead atoms. The molecule has 0 unspecified atom stereocenters. The number of fused-ring (bicyclic) bond motifs is 1.